The summed E-state index contributed by atoms with van der Waals surface area (Å²) in [6.45, 7) is 1.28. The molecule has 0 saturated heterocycles. The lowest BCUT2D eigenvalue weighted by atomic mass is 9.69. The Morgan fingerprint density at radius 2 is 1.50 bits per heavy atom. The Morgan fingerprint density at radius 3 is 2.08 bits per heavy atom. The maximum Gasteiger partial charge on any atom is 0.159 e. The van der Waals surface area contributed by atoms with Crippen molar-refractivity contribution in [2.24, 2.45) is 17.6 Å². The molecule has 0 amide bonds. The Morgan fingerprint density at radius 1 is 0.875 bits per heavy atom. The SMILES string of the molecule is NCCOC1CCC(C2CCC(c3ccc(F)c(F)c3)CC2)CC1. The molecule has 0 bridgehead atoms. The van der Waals surface area contributed by atoms with Crippen molar-refractivity contribution in [2.45, 2.75) is 63.4 Å². The molecule has 0 unspecified atom stereocenters. The van der Waals surface area contributed by atoms with Crippen molar-refractivity contribution in [3.05, 3.63) is 35.4 Å². The molecule has 2 saturated carbocycles. The fraction of sp³-hybridized carbons (Fsp3) is 0.700. The van der Waals surface area contributed by atoms with Crippen LogP contribution in [0.1, 0.15) is 62.8 Å². The van der Waals surface area contributed by atoms with Crippen LogP contribution in [0.3, 0.4) is 0 Å². The van der Waals surface area contributed by atoms with E-state index in [1.54, 1.807) is 6.07 Å². The lowest BCUT2D eigenvalue weighted by Gasteiger charge is -2.38. The van der Waals surface area contributed by atoms with Crippen LogP contribution in [0, 0.1) is 23.5 Å². The molecule has 0 spiro atoms. The second kappa shape index (κ2) is 8.39. The van der Waals surface area contributed by atoms with E-state index < -0.39 is 11.6 Å². The fourth-order valence-corrected chi connectivity index (χ4v) is 4.65. The van der Waals surface area contributed by atoms with E-state index in [0.29, 0.717) is 25.2 Å². The van der Waals surface area contributed by atoms with Gasteiger partial charge in [-0.25, -0.2) is 8.78 Å². The smallest absolute Gasteiger partial charge is 0.159 e. The van der Waals surface area contributed by atoms with E-state index in [9.17, 15) is 8.78 Å². The molecule has 1 aromatic rings. The highest BCUT2D eigenvalue weighted by atomic mass is 19.2. The summed E-state index contributed by atoms with van der Waals surface area (Å²) in [4.78, 5) is 0. The summed E-state index contributed by atoms with van der Waals surface area (Å²) in [5.41, 5.74) is 6.46. The van der Waals surface area contributed by atoms with Crippen LogP contribution in [0.4, 0.5) is 8.78 Å². The molecule has 3 rings (SSSR count). The molecule has 1 aromatic carbocycles. The predicted octanol–water partition coefficient (Wildman–Crippen LogP) is 4.77. The third-order valence-electron chi connectivity index (χ3n) is 6.04. The van der Waals surface area contributed by atoms with Gasteiger partial charge in [0.05, 0.1) is 12.7 Å². The Labute approximate surface area is 143 Å². The summed E-state index contributed by atoms with van der Waals surface area (Å²) in [6, 6.07) is 4.41. The van der Waals surface area contributed by atoms with Crippen LogP contribution >= 0.6 is 0 Å². The molecule has 0 aromatic heterocycles. The van der Waals surface area contributed by atoms with Gasteiger partial charge in [-0.15, -0.1) is 0 Å². The number of rotatable bonds is 5. The molecular formula is C20H29F2NO. The molecule has 24 heavy (non-hydrogen) atoms. The van der Waals surface area contributed by atoms with E-state index in [4.69, 9.17) is 10.5 Å². The van der Waals surface area contributed by atoms with Crippen LogP contribution < -0.4 is 5.73 Å². The topological polar surface area (TPSA) is 35.2 Å². The van der Waals surface area contributed by atoms with Gasteiger partial charge < -0.3 is 10.5 Å². The van der Waals surface area contributed by atoms with Gasteiger partial charge >= 0.3 is 0 Å². The van der Waals surface area contributed by atoms with Crippen LogP contribution in [-0.4, -0.2) is 19.3 Å². The zero-order chi connectivity index (χ0) is 16.9. The number of nitrogens with two attached hydrogens (primary N) is 1. The van der Waals surface area contributed by atoms with Crippen LogP contribution in [0.5, 0.6) is 0 Å². The van der Waals surface area contributed by atoms with Crippen molar-refractivity contribution in [1.82, 2.24) is 0 Å². The Bertz CT molecular complexity index is 520. The minimum atomic E-state index is -0.749. The van der Waals surface area contributed by atoms with Gasteiger partial charge in [-0.2, -0.15) is 0 Å². The van der Waals surface area contributed by atoms with Gasteiger partial charge in [0.2, 0.25) is 0 Å². The summed E-state index contributed by atoms with van der Waals surface area (Å²) in [5, 5.41) is 0. The molecule has 2 aliphatic carbocycles. The molecule has 0 aliphatic heterocycles. The number of benzene rings is 1. The van der Waals surface area contributed by atoms with E-state index in [1.165, 1.54) is 37.8 Å². The van der Waals surface area contributed by atoms with E-state index in [-0.39, 0.29) is 0 Å². The summed E-state index contributed by atoms with van der Waals surface area (Å²) < 4.78 is 32.3. The zero-order valence-electron chi connectivity index (χ0n) is 14.4. The predicted molar refractivity (Wildman–Crippen MR) is 91.8 cm³/mol. The molecule has 2 fully saturated rings. The lowest BCUT2D eigenvalue weighted by Crippen LogP contribution is -2.29. The second-order valence-electron chi connectivity index (χ2n) is 7.48. The molecular weight excluding hydrogens is 308 g/mol. The second-order valence-corrected chi connectivity index (χ2v) is 7.48. The lowest BCUT2D eigenvalue weighted by molar-refractivity contribution is 0.0118. The van der Waals surface area contributed by atoms with Crippen LogP contribution in [-0.2, 0) is 4.74 Å². The average molecular weight is 337 g/mol. The maximum atomic E-state index is 13.4. The number of hydrogen-bond donors (Lipinski definition) is 1. The van der Waals surface area contributed by atoms with Gasteiger partial charge in [-0.3, -0.25) is 0 Å². The minimum absolute atomic E-state index is 0.389. The normalized spacial score (nSPS) is 31.1. The van der Waals surface area contributed by atoms with Gasteiger partial charge in [0.15, 0.2) is 11.6 Å². The molecule has 2 N–H and O–H groups in total. The van der Waals surface area contributed by atoms with E-state index in [2.05, 4.69) is 0 Å². The molecule has 0 atom stereocenters. The van der Waals surface area contributed by atoms with Crippen molar-refractivity contribution < 1.29 is 13.5 Å². The molecule has 4 heteroatoms. The first kappa shape index (κ1) is 17.8. The average Bonchev–Trinajstić information content (AvgIpc) is 2.63. The monoisotopic (exact) mass is 337 g/mol. The molecule has 0 heterocycles. The third kappa shape index (κ3) is 4.34. The van der Waals surface area contributed by atoms with Crippen LogP contribution in [0.25, 0.3) is 0 Å². The molecule has 2 aliphatic rings. The number of halogens is 2. The first-order chi connectivity index (χ1) is 11.7. The Balaban J connectivity index is 1.46. The van der Waals surface area contributed by atoms with Crippen LogP contribution in [0.15, 0.2) is 18.2 Å². The van der Waals surface area contributed by atoms with Gasteiger partial charge in [0.1, 0.15) is 0 Å². The highest BCUT2D eigenvalue weighted by molar-refractivity contribution is 5.22. The first-order valence-corrected chi connectivity index (χ1v) is 9.44. The minimum Gasteiger partial charge on any atom is -0.377 e. The number of hydrogen-bond acceptors (Lipinski definition) is 2. The highest BCUT2D eigenvalue weighted by Gasteiger charge is 2.31. The molecule has 134 valence electrons. The summed E-state index contributed by atoms with van der Waals surface area (Å²) >= 11 is 0. The van der Waals surface area contributed by atoms with E-state index >= 15 is 0 Å². The first-order valence-electron chi connectivity index (χ1n) is 9.44. The highest BCUT2D eigenvalue weighted by Crippen LogP contribution is 2.43. The van der Waals surface area contributed by atoms with Crippen molar-refractivity contribution >= 4 is 0 Å². The summed E-state index contributed by atoms with van der Waals surface area (Å²) in [5.74, 6) is 0.530. The van der Waals surface area contributed by atoms with Crippen LogP contribution in [0.2, 0.25) is 0 Å². The fourth-order valence-electron chi connectivity index (χ4n) is 4.65. The van der Waals surface area contributed by atoms with Crippen molar-refractivity contribution in [1.29, 1.82) is 0 Å². The number of ether oxygens (including phenoxy) is 1. The quantitative estimate of drug-likeness (QED) is 0.840. The van der Waals surface area contributed by atoms with Crippen molar-refractivity contribution in [2.75, 3.05) is 13.2 Å². The summed E-state index contributed by atoms with van der Waals surface area (Å²) in [6.07, 6.45) is 9.86. The maximum absolute atomic E-state index is 13.4. The van der Waals surface area contributed by atoms with Gasteiger partial charge in [0, 0.05) is 6.54 Å². The Hall–Kier alpha value is -1.00. The standard InChI is InChI=1S/C20H29F2NO/c21-19-10-7-17(13-20(19)22)16-3-1-14(2-4-16)15-5-8-18(9-6-15)24-12-11-23/h7,10,13-16,18H,1-6,8-9,11-12,23H2. The Kier molecular flexibility index (Phi) is 6.23. The van der Waals surface area contributed by atoms with E-state index in [1.807, 2.05) is 0 Å². The van der Waals surface area contributed by atoms with Crippen molar-refractivity contribution in [3.63, 3.8) is 0 Å². The van der Waals surface area contributed by atoms with Gasteiger partial charge in [-0.1, -0.05) is 6.07 Å². The zero-order valence-corrected chi connectivity index (χ0v) is 14.4. The molecule has 2 nitrogen and oxygen atoms in total. The van der Waals surface area contributed by atoms with E-state index in [0.717, 1.165) is 43.1 Å². The van der Waals surface area contributed by atoms with Gasteiger partial charge in [-0.05, 0) is 86.8 Å². The van der Waals surface area contributed by atoms with Gasteiger partial charge in [0.25, 0.3) is 0 Å². The summed E-state index contributed by atoms with van der Waals surface area (Å²) in [7, 11) is 0. The largest absolute Gasteiger partial charge is 0.377 e. The van der Waals surface area contributed by atoms with Crippen molar-refractivity contribution in [3.8, 4) is 0 Å². The molecule has 0 radical (unpaired) electrons. The third-order valence-corrected chi connectivity index (χ3v) is 6.04.